The Morgan fingerprint density at radius 1 is 1.21 bits per heavy atom. The van der Waals surface area contributed by atoms with Crippen LogP contribution in [0, 0.1) is 5.41 Å². The van der Waals surface area contributed by atoms with Crippen molar-refractivity contribution in [2.24, 2.45) is 0 Å². The molecule has 1 aliphatic rings. The van der Waals surface area contributed by atoms with Crippen molar-refractivity contribution in [3.05, 3.63) is 53.6 Å². The van der Waals surface area contributed by atoms with Gasteiger partial charge in [0.2, 0.25) is 0 Å². The van der Waals surface area contributed by atoms with Crippen molar-refractivity contribution in [1.82, 2.24) is 5.32 Å². The van der Waals surface area contributed by atoms with E-state index in [1.54, 1.807) is 18.2 Å². The minimum absolute atomic E-state index is 0.0359. The highest BCUT2D eigenvalue weighted by atomic mass is 32.2. The molecule has 4 N–H and O–H groups in total. The van der Waals surface area contributed by atoms with Crippen molar-refractivity contribution in [3.8, 4) is 5.75 Å². The second-order valence-electron chi connectivity index (χ2n) is 8.47. The molecule has 1 heterocycles. The van der Waals surface area contributed by atoms with Gasteiger partial charge in [0.05, 0.1) is 18.4 Å². The first-order valence-electron chi connectivity index (χ1n) is 10.2. The molecule has 186 valence electrons. The predicted octanol–water partition coefficient (Wildman–Crippen LogP) is 4.01. The van der Waals surface area contributed by atoms with Crippen molar-refractivity contribution in [2.75, 3.05) is 24.0 Å². The number of carbonyl (C=O) groups excluding carboxylic acids is 1. The van der Waals surface area contributed by atoms with E-state index in [0.717, 1.165) is 0 Å². The fourth-order valence-corrected chi connectivity index (χ4v) is 4.80. The number of hydrogen-bond donors (Lipinski definition) is 4. The number of halogens is 3. The molecule has 2 aromatic carbocycles. The number of anilines is 2. The first kappa shape index (κ1) is 27.3. The van der Waals surface area contributed by atoms with Gasteiger partial charge in [-0.25, -0.2) is 0 Å². The topological polar surface area (TPSA) is 112 Å². The van der Waals surface area contributed by atoms with E-state index >= 15 is 0 Å². The van der Waals surface area contributed by atoms with Gasteiger partial charge in [0.1, 0.15) is 11.4 Å². The Morgan fingerprint density at radius 3 is 2.41 bits per heavy atom. The van der Waals surface area contributed by atoms with Gasteiger partial charge in [-0.3, -0.25) is 13.4 Å². The highest BCUT2D eigenvalue weighted by Crippen LogP contribution is 2.29. The molecule has 1 aliphatic heterocycles. The quantitative estimate of drug-likeness (QED) is 0.410. The van der Waals surface area contributed by atoms with Gasteiger partial charge >= 0.3 is 6.61 Å². The van der Waals surface area contributed by atoms with E-state index in [1.807, 2.05) is 6.92 Å². The Bertz CT molecular complexity index is 1070. The normalized spacial score (nSPS) is 19.4. The highest BCUT2D eigenvalue weighted by Gasteiger charge is 2.39. The van der Waals surface area contributed by atoms with Crippen LogP contribution in [0.5, 0.6) is 5.75 Å². The summed E-state index contributed by atoms with van der Waals surface area (Å²) in [5.41, 5.74) is -0.809. The van der Waals surface area contributed by atoms with Gasteiger partial charge in [0, 0.05) is 50.9 Å². The predicted molar refractivity (Wildman–Crippen MR) is 127 cm³/mol. The fourth-order valence-electron chi connectivity index (χ4n) is 3.32. The summed E-state index contributed by atoms with van der Waals surface area (Å²) >= 11 is 0. The molecule has 34 heavy (non-hydrogen) atoms. The summed E-state index contributed by atoms with van der Waals surface area (Å²) in [6.45, 7) is 1.76. The largest absolute Gasteiger partial charge is 0.435 e. The minimum Gasteiger partial charge on any atom is -0.435 e. The van der Waals surface area contributed by atoms with Crippen LogP contribution in [-0.2, 0) is 10.8 Å². The van der Waals surface area contributed by atoms with Crippen LogP contribution < -0.4 is 15.4 Å². The summed E-state index contributed by atoms with van der Waals surface area (Å²) in [6, 6.07) is 10.5. The lowest BCUT2D eigenvalue weighted by molar-refractivity contribution is -0.0498. The number of alkyl halides is 3. The van der Waals surface area contributed by atoms with E-state index in [2.05, 4.69) is 15.4 Å². The van der Waals surface area contributed by atoms with Crippen molar-refractivity contribution in [2.45, 2.75) is 38.5 Å². The maximum Gasteiger partial charge on any atom is 0.387 e. The summed E-state index contributed by atoms with van der Waals surface area (Å²) in [6.07, 6.45) is 0. The van der Waals surface area contributed by atoms with Crippen LogP contribution >= 0.6 is 0 Å². The summed E-state index contributed by atoms with van der Waals surface area (Å²) in [4.78, 5) is 12.8. The number of ether oxygens (including phenoxy) is 1. The lowest BCUT2D eigenvalue weighted by Gasteiger charge is -2.38. The molecule has 0 spiro atoms. The van der Waals surface area contributed by atoms with Crippen molar-refractivity contribution in [1.29, 1.82) is 5.41 Å². The second kappa shape index (κ2) is 11.0. The molecule has 3 rings (SSSR count). The van der Waals surface area contributed by atoms with Gasteiger partial charge in [0.25, 0.3) is 5.91 Å². The third kappa shape index (κ3) is 7.04. The second-order valence-corrected chi connectivity index (χ2v) is 9.93. The Balaban J connectivity index is 0.00000199. The Labute approximate surface area is 198 Å². The minimum atomic E-state index is -2.96. The lowest BCUT2D eigenvalue weighted by atomic mass is 9.92. The summed E-state index contributed by atoms with van der Waals surface area (Å²) in [7, 11) is -0.439. The molecular weight excluding hydrogens is 471 g/mol. The average Bonchev–Trinajstić information content (AvgIpc) is 2.73. The first-order chi connectivity index (χ1) is 15.9. The Kier molecular flexibility index (Phi) is 8.84. The number of amides is 1. The number of aliphatic hydroxyl groups is 1. The number of benzene rings is 2. The highest BCUT2D eigenvalue weighted by molar-refractivity contribution is 7.86. The summed E-state index contributed by atoms with van der Waals surface area (Å²) in [5, 5.41) is 24.7. The molecule has 11 heteroatoms. The Hall–Kier alpha value is -2.92. The van der Waals surface area contributed by atoms with Crippen LogP contribution in [0.3, 0.4) is 0 Å². The number of rotatable bonds is 8. The van der Waals surface area contributed by atoms with Crippen LogP contribution in [0.25, 0.3) is 0 Å². The SMILES string of the molecule is CC1(NC(=O)c2ccc(Nc3cccc(OC(F)F)c3)c(C(=N)C(C)(C)O)c2)CS(=O)C1.CF. The zero-order valence-electron chi connectivity index (χ0n) is 19.2. The van der Waals surface area contributed by atoms with E-state index in [4.69, 9.17) is 5.41 Å². The van der Waals surface area contributed by atoms with E-state index in [9.17, 15) is 27.3 Å². The summed E-state index contributed by atoms with van der Waals surface area (Å²) in [5.74, 6) is 0.336. The van der Waals surface area contributed by atoms with Crippen molar-refractivity contribution >= 4 is 33.8 Å². The third-order valence-corrected chi connectivity index (χ3v) is 6.79. The molecular formula is C23H28F3N3O4S. The standard InChI is InChI=1S/C22H25F2N3O4S.CH3F/c1-21(2,29)18(25)16-9-13(19(28)27-22(3)11-32(30)12-22)7-8-17(16)26-14-5-4-6-15(10-14)31-20(23)24;1-2/h4-10,20,25-26,29H,11-12H2,1-3H3,(H,27,28);1H3. The van der Waals surface area contributed by atoms with Gasteiger partial charge in [0.15, 0.2) is 0 Å². The van der Waals surface area contributed by atoms with Gasteiger partial charge in [-0.2, -0.15) is 8.78 Å². The maximum atomic E-state index is 12.8. The number of hydrogen-bond acceptors (Lipinski definition) is 6. The summed E-state index contributed by atoms with van der Waals surface area (Å²) < 4.78 is 50.4. The molecule has 0 saturated carbocycles. The van der Waals surface area contributed by atoms with E-state index in [1.165, 1.54) is 38.1 Å². The molecule has 0 bridgehead atoms. The molecule has 0 radical (unpaired) electrons. The Morgan fingerprint density at radius 2 is 1.85 bits per heavy atom. The molecule has 0 aliphatic carbocycles. The lowest BCUT2D eigenvalue weighted by Crippen LogP contribution is -2.61. The molecule has 1 fully saturated rings. The molecule has 2 aromatic rings. The molecule has 7 nitrogen and oxygen atoms in total. The number of carbonyl (C=O) groups is 1. The molecule has 0 unspecified atom stereocenters. The van der Waals surface area contributed by atoms with Gasteiger partial charge < -0.3 is 25.9 Å². The van der Waals surface area contributed by atoms with Crippen LogP contribution in [0.4, 0.5) is 24.5 Å². The van der Waals surface area contributed by atoms with E-state index in [0.29, 0.717) is 30.1 Å². The van der Waals surface area contributed by atoms with Gasteiger partial charge in [-0.1, -0.05) is 6.07 Å². The van der Waals surface area contributed by atoms with Crippen LogP contribution in [0.2, 0.25) is 0 Å². The van der Waals surface area contributed by atoms with Crippen molar-refractivity contribution < 1.29 is 32.0 Å². The molecule has 0 atom stereocenters. The van der Waals surface area contributed by atoms with Gasteiger partial charge in [-0.15, -0.1) is 0 Å². The average molecular weight is 500 g/mol. The molecule has 0 aromatic heterocycles. The van der Waals surface area contributed by atoms with Crippen LogP contribution in [0.15, 0.2) is 42.5 Å². The van der Waals surface area contributed by atoms with Crippen molar-refractivity contribution in [3.63, 3.8) is 0 Å². The smallest absolute Gasteiger partial charge is 0.387 e. The number of nitrogens with one attached hydrogen (secondary N) is 3. The van der Waals surface area contributed by atoms with Gasteiger partial charge in [-0.05, 0) is 51.1 Å². The van der Waals surface area contributed by atoms with Crippen LogP contribution in [-0.4, -0.2) is 57.4 Å². The van der Waals surface area contributed by atoms with E-state index in [-0.39, 0.29) is 28.5 Å². The zero-order valence-corrected chi connectivity index (χ0v) is 20.1. The zero-order chi connectivity index (χ0) is 25.7. The fraction of sp³-hybridized carbons (Fsp3) is 0.391. The third-order valence-electron chi connectivity index (χ3n) is 4.88. The molecule has 1 amide bonds. The first-order valence-corrected chi connectivity index (χ1v) is 11.7. The molecule has 1 saturated heterocycles. The van der Waals surface area contributed by atoms with E-state index < -0.39 is 28.6 Å². The van der Waals surface area contributed by atoms with Crippen LogP contribution in [0.1, 0.15) is 36.7 Å². The maximum absolute atomic E-state index is 12.8. The monoisotopic (exact) mass is 499 g/mol.